The van der Waals surface area contributed by atoms with Crippen molar-refractivity contribution in [3.8, 4) is 5.75 Å². The molecule has 2 rings (SSSR count). The topological polar surface area (TPSA) is 63.6 Å². The fourth-order valence-corrected chi connectivity index (χ4v) is 5.04. The molecule has 0 aromatic heterocycles. The lowest BCUT2D eigenvalue weighted by atomic mass is 10.0. The van der Waals surface area contributed by atoms with E-state index in [0.29, 0.717) is 35.8 Å². The highest BCUT2D eigenvalue weighted by Gasteiger charge is 2.36. The molecule has 1 N–H and O–H groups in total. The molecule has 0 radical (unpaired) electrons. The van der Waals surface area contributed by atoms with E-state index in [4.69, 9.17) is 27.9 Å². The minimum absolute atomic E-state index is 0.108. The minimum Gasteiger partial charge on any atom is -0.492 e. The van der Waals surface area contributed by atoms with Crippen LogP contribution >= 0.6 is 23.2 Å². The van der Waals surface area contributed by atoms with Gasteiger partial charge in [0.25, 0.3) is 0 Å². The molecule has 118 valence electrons. The van der Waals surface area contributed by atoms with Gasteiger partial charge in [-0.25, -0.2) is 8.42 Å². The predicted molar refractivity (Wildman–Crippen MR) is 84.0 cm³/mol. The molecule has 7 heteroatoms. The highest BCUT2D eigenvalue weighted by atomic mass is 35.5. The van der Waals surface area contributed by atoms with E-state index in [1.54, 1.807) is 0 Å². The van der Waals surface area contributed by atoms with E-state index in [-0.39, 0.29) is 10.8 Å². The van der Waals surface area contributed by atoms with Crippen LogP contribution in [0.3, 0.4) is 0 Å². The molecule has 0 bridgehead atoms. The van der Waals surface area contributed by atoms with Crippen molar-refractivity contribution in [2.75, 3.05) is 12.4 Å². The lowest BCUT2D eigenvalue weighted by Crippen LogP contribution is -2.34. The van der Waals surface area contributed by atoms with Gasteiger partial charge < -0.3 is 9.84 Å². The van der Waals surface area contributed by atoms with Crippen molar-refractivity contribution >= 4 is 33.0 Å². The molecule has 1 heterocycles. The second-order valence-corrected chi connectivity index (χ2v) is 8.24. The molecule has 1 aliphatic rings. The van der Waals surface area contributed by atoms with Gasteiger partial charge in [0, 0.05) is 11.6 Å². The van der Waals surface area contributed by atoms with Gasteiger partial charge in [-0.2, -0.15) is 0 Å². The zero-order valence-corrected chi connectivity index (χ0v) is 14.0. The fraction of sp³-hybridized carbons (Fsp3) is 0.571. The van der Waals surface area contributed by atoms with Crippen molar-refractivity contribution in [2.45, 2.75) is 37.5 Å². The van der Waals surface area contributed by atoms with Crippen LogP contribution in [0.4, 0.5) is 0 Å². The van der Waals surface area contributed by atoms with E-state index in [1.807, 2.05) is 6.92 Å². The molecule has 0 spiro atoms. The summed E-state index contributed by atoms with van der Waals surface area (Å²) in [5, 5.41) is 10.2. The fourth-order valence-electron chi connectivity index (χ4n) is 2.57. The predicted octanol–water partition coefficient (Wildman–Crippen LogP) is 3.39. The van der Waals surface area contributed by atoms with Crippen molar-refractivity contribution in [1.82, 2.24) is 0 Å². The molecule has 0 aliphatic carbocycles. The number of aliphatic hydroxyl groups excluding tert-OH is 1. The lowest BCUT2D eigenvalue weighted by molar-refractivity contribution is 0.164. The van der Waals surface area contributed by atoms with Crippen LogP contribution in [0, 0.1) is 0 Å². The third-order valence-corrected chi connectivity index (χ3v) is 6.55. The Kier molecular flexibility index (Phi) is 5.41. The molecular weight excluding hydrogens is 335 g/mol. The number of aliphatic hydroxyl groups is 1. The molecule has 1 aliphatic heterocycles. The smallest absolute Gasteiger partial charge is 0.156 e. The van der Waals surface area contributed by atoms with Gasteiger partial charge in [-0.15, -0.1) is 0 Å². The van der Waals surface area contributed by atoms with E-state index in [2.05, 4.69) is 0 Å². The largest absolute Gasteiger partial charge is 0.492 e. The average molecular weight is 353 g/mol. The summed E-state index contributed by atoms with van der Waals surface area (Å²) in [5.74, 6) is 0.531. The Bertz CT molecular complexity index is 616. The Labute approximate surface area is 134 Å². The van der Waals surface area contributed by atoms with Crippen molar-refractivity contribution < 1.29 is 18.3 Å². The normalized spacial score (nSPS) is 22.8. The van der Waals surface area contributed by atoms with Crippen LogP contribution in [0.5, 0.6) is 5.75 Å². The van der Waals surface area contributed by atoms with Gasteiger partial charge in [0.1, 0.15) is 5.75 Å². The summed E-state index contributed by atoms with van der Waals surface area (Å²) >= 11 is 12.2. The number of halogens is 2. The average Bonchev–Trinajstić information content (AvgIpc) is 2.41. The molecule has 21 heavy (non-hydrogen) atoms. The van der Waals surface area contributed by atoms with Crippen LogP contribution in [0.15, 0.2) is 12.1 Å². The van der Waals surface area contributed by atoms with Gasteiger partial charge in [0.15, 0.2) is 9.84 Å². The summed E-state index contributed by atoms with van der Waals surface area (Å²) < 4.78 is 29.5. The third kappa shape index (κ3) is 3.65. The second-order valence-electron chi connectivity index (χ2n) is 5.08. The summed E-state index contributed by atoms with van der Waals surface area (Å²) in [7, 11) is -3.30. The quantitative estimate of drug-likeness (QED) is 0.901. The van der Waals surface area contributed by atoms with Gasteiger partial charge in [0.2, 0.25) is 0 Å². The second kappa shape index (κ2) is 6.73. The summed E-state index contributed by atoms with van der Waals surface area (Å²) in [5.41, 5.74) is 0.334. The van der Waals surface area contributed by atoms with E-state index in [1.165, 1.54) is 12.1 Å². The Morgan fingerprint density at radius 1 is 1.33 bits per heavy atom. The van der Waals surface area contributed by atoms with Gasteiger partial charge in [-0.05, 0) is 25.8 Å². The van der Waals surface area contributed by atoms with Gasteiger partial charge in [0.05, 0.1) is 33.8 Å². The first-order valence-electron chi connectivity index (χ1n) is 6.88. The summed E-state index contributed by atoms with van der Waals surface area (Å²) in [6.07, 6.45) is 0.688. The van der Waals surface area contributed by atoms with E-state index >= 15 is 0 Å². The van der Waals surface area contributed by atoms with E-state index in [0.717, 1.165) is 6.42 Å². The molecule has 1 aromatic rings. The summed E-state index contributed by atoms with van der Waals surface area (Å²) in [6.45, 7) is 2.26. The zero-order valence-electron chi connectivity index (χ0n) is 11.7. The molecule has 1 saturated heterocycles. The first-order valence-corrected chi connectivity index (χ1v) is 9.35. The third-order valence-electron chi connectivity index (χ3n) is 3.65. The minimum atomic E-state index is -3.30. The molecular formula is C14H18Cl2O4S. The van der Waals surface area contributed by atoms with Crippen molar-refractivity contribution in [3.63, 3.8) is 0 Å². The monoisotopic (exact) mass is 352 g/mol. The molecule has 2 unspecified atom stereocenters. The Hall–Kier alpha value is -0.490. The Morgan fingerprint density at radius 2 is 2.05 bits per heavy atom. The lowest BCUT2D eigenvalue weighted by Gasteiger charge is -2.27. The standard InChI is InChI=1S/C14H18Cl2O4S/c1-2-20-12-8-10(15)9(7-11(12)16)14(17)13-5-3-4-6-21(13,18)19/h7-8,13-14,17H,2-6H2,1H3. The first-order chi connectivity index (χ1) is 9.86. The van der Waals surface area contributed by atoms with Gasteiger partial charge in [-0.3, -0.25) is 0 Å². The maximum atomic E-state index is 12.1. The highest BCUT2D eigenvalue weighted by Crippen LogP contribution is 2.38. The Morgan fingerprint density at radius 3 is 2.67 bits per heavy atom. The van der Waals surface area contributed by atoms with Gasteiger partial charge in [-0.1, -0.05) is 29.6 Å². The van der Waals surface area contributed by atoms with E-state index in [9.17, 15) is 13.5 Å². The van der Waals surface area contributed by atoms with Crippen molar-refractivity contribution in [1.29, 1.82) is 0 Å². The first kappa shape index (κ1) is 16.9. The van der Waals surface area contributed by atoms with Crippen LogP contribution in [0.2, 0.25) is 10.0 Å². The molecule has 4 nitrogen and oxygen atoms in total. The van der Waals surface area contributed by atoms with Gasteiger partial charge >= 0.3 is 0 Å². The van der Waals surface area contributed by atoms with Crippen LogP contribution in [0.25, 0.3) is 0 Å². The zero-order chi connectivity index (χ0) is 15.6. The number of sulfone groups is 1. The van der Waals surface area contributed by atoms with Crippen LogP contribution in [-0.2, 0) is 9.84 Å². The number of hydrogen-bond acceptors (Lipinski definition) is 4. The molecule has 1 aromatic carbocycles. The number of hydrogen-bond donors (Lipinski definition) is 1. The number of ether oxygens (including phenoxy) is 1. The van der Waals surface area contributed by atoms with Crippen LogP contribution in [0.1, 0.15) is 37.9 Å². The number of benzene rings is 1. The maximum Gasteiger partial charge on any atom is 0.156 e. The van der Waals surface area contributed by atoms with Crippen LogP contribution in [-0.4, -0.2) is 31.1 Å². The molecule has 1 fully saturated rings. The number of rotatable bonds is 4. The molecule has 0 saturated carbocycles. The molecule has 2 atom stereocenters. The van der Waals surface area contributed by atoms with E-state index < -0.39 is 21.2 Å². The summed E-state index contributed by atoms with van der Waals surface area (Å²) in [6, 6.07) is 3.01. The molecule has 0 amide bonds. The SMILES string of the molecule is CCOc1cc(Cl)c(C(O)C2CCCCS2(=O)=O)cc1Cl. The highest BCUT2D eigenvalue weighted by molar-refractivity contribution is 7.92. The summed E-state index contributed by atoms with van der Waals surface area (Å²) in [4.78, 5) is 0. The van der Waals surface area contributed by atoms with Crippen molar-refractivity contribution in [2.24, 2.45) is 0 Å². The van der Waals surface area contributed by atoms with Crippen LogP contribution < -0.4 is 4.74 Å². The Balaban J connectivity index is 2.35. The maximum absolute atomic E-state index is 12.1. The van der Waals surface area contributed by atoms with Crippen molar-refractivity contribution in [3.05, 3.63) is 27.7 Å².